The zero-order chi connectivity index (χ0) is 15.5. The lowest BCUT2D eigenvalue weighted by molar-refractivity contribution is -0.123. The standard InChI is InChI=1S/C13H15N7O2/c14-12(21)9-3-5-19(6-4-9)13(22)10-1-2-11(18-17-10)20-8-15-7-16-20/h1-2,7-9H,3-6H2,(H2,14,21). The second kappa shape index (κ2) is 5.88. The van der Waals surface area contributed by atoms with Gasteiger partial charge in [-0.15, -0.1) is 10.2 Å². The summed E-state index contributed by atoms with van der Waals surface area (Å²) in [6.45, 7) is 0.998. The molecule has 3 heterocycles. The van der Waals surface area contributed by atoms with Crippen LogP contribution in [0.3, 0.4) is 0 Å². The van der Waals surface area contributed by atoms with E-state index in [1.54, 1.807) is 17.0 Å². The van der Waals surface area contributed by atoms with Crippen LogP contribution >= 0.6 is 0 Å². The molecule has 0 aromatic carbocycles. The van der Waals surface area contributed by atoms with Crippen molar-refractivity contribution in [3.8, 4) is 5.82 Å². The second-order valence-electron chi connectivity index (χ2n) is 5.09. The average molecular weight is 301 g/mol. The highest BCUT2D eigenvalue weighted by atomic mass is 16.2. The van der Waals surface area contributed by atoms with E-state index >= 15 is 0 Å². The van der Waals surface area contributed by atoms with Gasteiger partial charge >= 0.3 is 0 Å². The van der Waals surface area contributed by atoms with Crippen molar-refractivity contribution < 1.29 is 9.59 Å². The summed E-state index contributed by atoms with van der Waals surface area (Å²) >= 11 is 0. The topological polar surface area (TPSA) is 120 Å². The van der Waals surface area contributed by atoms with Crippen molar-refractivity contribution in [1.82, 2.24) is 29.9 Å². The Bertz CT molecular complexity index is 660. The highest BCUT2D eigenvalue weighted by molar-refractivity contribution is 5.92. The van der Waals surface area contributed by atoms with Crippen LogP contribution in [0.2, 0.25) is 0 Å². The fourth-order valence-corrected chi connectivity index (χ4v) is 2.42. The zero-order valence-corrected chi connectivity index (χ0v) is 11.8. The molecule has 0 bridgehead atoms. The Morgan fingerprint density at radius 3 is 2.50 bits per heavy atom. The number of carbonyl (C=O) groups is 2. The Morgan fingerprint density at radius 2 is 1.95 bits per heavy atom. The zero-order valence-electron chi connectivity index (χ0n) is 11.8. The number of carbonyl (C=O) groups excluding carboxylic acids is 2. The third-order valence-corrected chi connectivity index (χ3v) is 3.71. The molecule has 1 aliphatic heterocycles. The van der Waals surface area contributed by atoms with Crippen LogP contribution in [-0.2, 0) is 4.79 Å². The van der Waals surface area contributed by atoms with Crippen molar-refractivity contribution in [2.24, 2.45) is 11.7 Å². The summed E-state index contributed by atoms with van der Waals surface area (Å²) in [5.41, 5.74) is 5.55. The van der Waals surface area contributed by atoms with Crippen LogP contribution in [0.25, 0.3) is 5.82 Å². The van der Waals surface area contributed by atoms with E-state index < -0.39 is 0 Å². The lowest BCUT2D eigenvalue weighted by Gasteiger charge is -2.30. The molecule has 0 spiro atoms. The minimum atomic E-state index is -0.302. The number of piperidine rings is 1. The van der Waals surface area contributed by atoms with E-state index in [0.717, 1.165) is 0 Å². The molecule has 0 atom stereocenters. The lowest BCUT2D eigenvalue weighted by Crippen LogP contribution is -2.42. The predicted octanol–water partition coefficient (Wildman–Crippen LogP) is -0.605. The second-order valence-corrected chi connectivity index (χ2v) is 5.09. The third kappa shape index (κ3) is 2.78. The molecule has 2 N–H and O–H groups in total. The molecule has 0 radical (unpaired) electrons. The summed E-state index contributed by atoms with van der Waals surface area (Å²) in [6, 6.07) is 3.26. The largest absolute Gasteiger partial charge is 0.369 e. The first-order valence-electron chi connectivity index (χ1n) is 6.92. The van der Waals surface area contributed by atoms with Crippen LogP contribution in [0.1, 0.15) is 23.3 Å². The van der Waals surface area contributed by atoms with Gasteiger partial charge in [-0.3, -0.25) is 9.59 Å². The van der Waals surface area contributed by atoms with E-state index in [1.807, 2.05) is 0 Å². The van der Waals surface area contributed by atoms with Gasteiger partial charge < -0.3 is 10.6 Å². The van der Waals surface area contributed by atoms with Gasteiger partial charge in [0.1, 0.15) is 12.7 Å². The maximum Gasteiger partial charge on any atom is 0.274 e. The maximum absolute atomic E-state index is 12.3. The minimum Gasteiger partial charge on any atom is -0.369 e. The molecule has 2 aromatic heterocycles. The number of aromatic nitrogens is 5. The van der Waals surface area contributed by atoms with Gasteiger partial charge in [0.25, 0.3) is 5.91 Å². The SMILES string of the molecule is NC(=O)C1CCN(C(=O)c2ccc(-n3cncn3)nn2)CC1. The molecule has 2 amide bonds. The van der Waals surface area contributed by atoms with E-state index in [-0.39, 0.29) is 23.4 Å². The Balaban J connectivity index is 1.67. The summed E-state index contributed by atoms with van der Waals surface area (Å²) in [5, 5.41) is 11.9. The molecular weight excluding hydrogens is 286 g/mol. The van der Waals surface area contributed by atoms with E-state index in [2.05, 4.69) is 20.3 Å². The van der Waals surface area contributed by atoms with Crippen molar-refractivity contribution >= 4 is 11.8 Å². The number of nitrogens with two attached hydrogens (primary N) is 1. The van der Waals surface area contributed by atoms with Gasteiger partial charge in [-0.25, -0.2) is 9.67 Å². The Morgan fingerprint density at radius 1 is 1.18 bits per heavy atom. The molecule has 2 aromatic rings. The van der Waals surface area contributed by atoms with E-state index in [9.17, 15) is 9.59 Å². The van der Waals surface area contributed by atoms with E-state index in [4.69, 9.17) is 5.73 Å². The van der Waals surface area contributed by atoms with Crippen LogP contribution in [0.4, 0.5) is 0 Å². The number of primary amides is 1. The molecule has 22 heavy (non-hydrogen) atoms. The molecule has 9 heteroatoms. The smallest absolute Gasteiger partial charge is 0.274 e. The Kier molecular flexibility index (Phi) is 3.77. The van der Waals surface area contributed by atoms with Gasteiger partial charge in [0.15, 0.2) is 11.5 Å². The van der Waals surface area contributed by atoms with E-state index in [1.165, 1.54) is 17.3 Å². The first-order chi connectivity index (χ1) is 10.6. The van der Waals surface area contributed by atoms with Gasteiger partial charge in [0.05, 0.1) is 0 Å². The average Bonchev–Trinajstić information content (AvgIpc) is 3.09. The van der Waals surface area contributed by atoms with Crippen LogP contribution < -0.4 is 5.73 Å². The Hall–Kier alpha value is -2.84. The summed E-state index contributed by atoms with van der Waals surface area (Å²) in [7, 11) is 0. The molecule has 9 nitrogen and oxygen atoms in total. The molecule has 1 fully saturated rings. The fraction of sp³-hybridized carbons (Fsp3) is 0.385. The van der Waals surface area contributed by atoms with Crippen LogP contribution in [0.15, 0.2) is 24.8 Å². The van der Waals surface area contributed by atoms with Crippen molar-refractivity contribution in [1.29, 1.82) is 0 Å². The number of hydrogen-bond donors (Lipinski definition) is 1. The molecule has 0 saturated carbocycles. The molecule has 0 aliphatic carbocycles. The maximum atomic E-state index is 12.3. The number of hydrogen-bond acceptors (Lipinski definition) is 6. The van der Waals surface area contributed by atoms with Crippen LogP contribution in [0, 0.1) is 5.92 Å². The summed E-state index contributed by atoms with van der Waals surface area (Å²) < 4.78 is 1.46. The molecule has 0 unspecified atom stereocenters. The molecule has 1 saturated heterocycles. The monoisotopic (exact) mass is 301 g/mol. The highest BCUT2D eigenvalue weighted by Crippen LogP contribution is 2.18. The van der Waals surface area contributed by atoms with Gasteiger partial charge in [-0.2, -0.15) is 5.10 Å². The molecule has 3 rings (SSSR count). The minimum absolute atomic E-state index is 0.148. The molecule has 1 aliphatic rings. The number of nitrogens with zero attached hydrogens (tertiary/aromatic N) is 6. The number of amides is 2. The summed E-state index contributed by atoms with van der Waals surface area (Å²) in [5.74, 6) is -0.157. The van der Waals surface area contributed by atoms with Crippen molar-refractivity contribution in [3.05, 3.63) is 30.5 Å². The predicted molar refractivity (Wildman–Crippen MR) is 74.8 cm³/mol. The van der Waals surface area contributed by atoms with Gasteiger partial charge in [0, 0.05) is 19.0 Å². The molecule has 114 valence electrons. The van der Waals surface area contributed by atoms with Crippen molar-refractivity contribution in [3.63, 3.8) is 0 Å². The van der Waals surface area contributed by atoms with Crippen LogP contribution in [0.5, 0.6) is 0 Å². The summed E-state index contributed by atoms with van der Waals surface area (Å²) in [6.07, 6.45) is 4.07. The first kappa shape index (κ1) is 14.1. The number of rotatable bonds is 3. The van der Waals surface area contributed by atoms with Crippen LogP contribution in [-0.4, -0.2) is 54.8 Å². The third-order valence-electron chi connectivity index (χ3n) is 3.71. The van der Waals surface area contributed by atoms with Crippen molar-refractivity contribution in [2.45, 2.75) is 12.8 Å². The quantitative estimate of drug-likeness (QED) is 0.808. The highest BCUT2D eigenvalue weighted by Gasteiger charge is 2.27. The lowest BCUT2D eigenvalue weighted by atomic mass is 9.96. The van der Waals surface area contributed by atoms with Gasteiger partial charge in [-0.05, 0) is 25.0 Å². The van der Waals surface area contributed by atoms with Gasteiger partial charge in [-0.1, -0.05) is 0 Å². The van der Waals surface area contributed by atoms with Gasteiger partial charge in [0.2, 0.25) is 5.91 Å². The fourth-order valence-electron chi connectivity index (χ4n) is 2.42. The Labute approximate surface area is 126 Å². The molecular formula is C13H15N7O2. The first-order valence-corrected chi connectivity index (χ1v) is 6.92. The summed E-state index contributed by atoms with van der Waals surface area (Å²) in [4.78, 5) is 29.0. The van der Waals surface area contributed by atoms with E-state index in [0.29, 0.717) is 31.7 Å². The normalized spacial score (nSPS) is 15.7. The number of likely N-dealkylation sites (tertiary alicyclic amines) is 1. The van der Waals surface area contributed by atoms with Crippen molar-refractivity contribution in [2.75, 3.05) is 13.1 Å².